The van der Waals surface area contributed by atoms with Crippen molar-refractivity contribution in [1.82, 2.24) is 15.8 Å². The molecule has 2 rings (SSSR count). The van der Waals surface area contributed by atoms with Crippen molar-refractivity contribution in [2.45, 2.75) is 79.4 Å². The largest absolute Gasteiger partial charge is 0.378 e. The lowest BCUT2D eigenvalue weighted by Crippen LogP contribution is -2.63. The first-order valence-corrected chi connectivity index (χ1v) is 9.98. The standard InChI is InChI=1S/C20H36N4O2/c1-7-9-12-25-18-13-17(20(18,5)6)23-19(21-8-2)22-11-10-16-14(3)24-26-15(16)4/h17-18H,7-13H2,1-6H3,(H2,21,22,23). The van der Waals surface area contributed by atoms with Crippen molar-refractivity contribution in [3.8, 4) is 0 Å². The molecule has 0 radical (unpaired) electrons. The highest BCUT2D eigenvalue weighted by Gasteiger charge is 2.49. The molecule has 2 unspecified atom stereocenters. The highest BCUT2D eigenvalue weighted by molar-refractivity contribution is 5.80. The van der Waals surface area contributed by atoms with E-state index in [1.165, 1.54) is 6.42 Å². The molecule has 0 amide bonds. The van der Waals surface area contributed by atoms with Crippen molar-refractivity contribution in [3.63, 3.8) is 0 Å². The summed E-state index contributed by atoms with van der Waals surface area (Å²) in [4.78, 5) is 4.74. The number of aryl methyl sites for hydroxylation is 2. The van der Waals surface area contributed by atoms with Crippen LogP contribution in [0, 0.1) is 19.3 Å². The Morgan fingerprint density at radius 2 is 2.12 bits per heavy atom. The van der Waals surface area contributed by atoms with Crippen molar-refractivity contribution in [1.29, 1.82) is 0 Å². The molecule has 0 aliphatic heterocycles. The van der Waals surface area contributed by atoms with Crippen LogP contribution in [0.25, 0.3) is 0 Å². The van der Waals surface area contributed by atoms with Crippen LogP contribution in [0.2, 0.25) is 0 Å². The molecule has 1 aliphatic carbocycles. The third-order valence-corrected chi connectivity index (χ3v) is 5.46. The topological polar surface area (TPSA) is 71.7 Å². The minimum Gasteiger partial charge on any atom is -0.378 e. The van der Waals surface area contributed by atoms with E-state index in [-0.39, 0.29) is 5.41 Å². The maximum Gasteiger partial charge on any atom is 0.191 e. The van der Waals surface area contributed by atoms with E-state index in [9.17, 15) is 0 Å². The van der Waals surface area contributed by atoms with E-state index < -0.39 is 0 Å². The number of aliphatic imine (C=N–C) groups is 1. The average Bonchev–Trinajstić information content (AvgIpc) is 2.92. The third-order valence-electron chi connectivity index (χ3n) is 5.46. The fourth-order valence-electron chi connectivity index (χ4n) is 3.41. The molecule has 1 aromatic heterocycles. The second-order valence-corrected chi connectivity index (χ2v) is 7.78. The van der Waals surface area contributed by atoms with Gasteiger partial charge in [-0.3, -0.25) is 4.99 Å². The van der Waals surface area contributed by atoms with Crippen LogP contribution < -0.4 is 10.6 Å². The first-order valence-electron chi connectivity index (χ1n) is 9.98. The number of rotatable bonds is 9. The molecule has 2 atom stereocenters. The Morgan fingerprint density at radius 3 is 2.69 bits per heavy atom. The highest BCUT2D eigenvalue weighted by Crippen LogP contribution is 2.42. The Bertz CT molecular complexity index is 575. The Balaban J connectivity index is 1.87. The monoisotopic (exact) mass is 364 g/mol. The number of nitrogens with one attached hydrogen (secondary N) is 2. The van der Waals surface area contributed by atoms with Crippen molar-refractivity contribution in [2.75, 3.05) is 19.7 Å². The van der Waals surface area contributed by atoms with E-state index in [1.807, 2.05) is 13.8 Å². The number of ether oxygens (including phenoxy) is 1. The molecule has 2 N–H and O–H groups in total. The Morgan fingerprint density at radius 1 is 1.35 bits per heavy atom. The van der Waals surface area contributed by atoms with Crippen LogP contribution in [-0.2, 0) is 11.2 Å². The molecule has 0 bridgehead atoms. The second-order valence-electron chi connectivity index (χ2n) is 7.78. The SMILES string of the molecule is CCCCOC1CC(NC(=NCCc2c(C)noc2C)NCC)C1(C)C. The van der Waals surface area contributed by atoms with Gasteiger partial charge < -0.3 is 19.9 Å². The van der Waals surface area contributed by atoms with Crippen LogP contribution in [0.5, 0.6) is 0 Å². The number of aromatic nitrogens is 1. The van der Waals surface area contributed by atoms with Crippen LogP contribution >= 0.6 is 0 Å². The van der Waals surface area contributed by atoms with E-state index in [0.29, 0.717) is 18.7 Å². The quantitative estimate of drug-likeness (QED) is 0.399. The minimum atomic E-state index is 0.117. The van der Waals surface area contributed by atoms with Crippen molar-refractivity contribution >= 4 is 5.96 Å². The lowest BCUT2D eigenvalue weighted by molar-refractivity contribution is -0.113. The van der Waals surface area contributed by atoms with Crippen molar-refractivity contribution in [3.05, 3.63) is 17.0 Å². The maximum absolute atomic E-state index is 6.04. The van der Waals surface area contributed by atoms with Gasteiger partial charge in [-0.15, -0.1) is 0 Å². The van der Waals surface area contributed by atoms with Crippen LogP contribution in [-0.4, -0.2) is 43.0 Å². The molecular weight excluding hydrogens is 328 g/mol. The summed E-state index contributed by atoms with van der Waals surface area (Å²) in [5.74, 6) is 1.77. The summed E-state index contributed by atoms with van der Waals surface area (Å²) in [5.41, 5.74) is 2.24. The van der Waals surface area contributed by atoms with Gasteiger partial charge in [-0.25, -0.2) is 0 Å². The van der Waals surface area contributed by atoms with Crippen molar-refractivity contribution < 1.29 is 9.26 Å². The number of nitrogens with zero attached hydrogens (tertiary/aromatic N) is 2. The Kier molecular flexibility index (Phi) is 7.50. The molecule has 0 spiro atoms. The summed E-state index contributed by atoms with van der Waals surface area (Å²) in [6.45, 7) is 15.2. The zero-order chi connectivity index (χ0) is 19.2. The molecule has 26 heavy (non-hydrogen) atoms. The Labute approximate surface area is 158 Å². The molecule has 6 nitrogen and oxygen atoms in total. The summed E-state index contributed by atoms with van der Waals surface area (Å²) in [7, 11) is 0. The van der Waals surface area contributed by atoms with E-state index in [0.717, 1.165) is 55.4 Å². The molecule has 1 aliphatic rings. The molecule has 1 fully saturated rings. The van der Waals surface area contributed by atoms with Gasteiger partial charge in [0.15, 0.2) is 5.96 Å². The van der Waals surface area contributed by atoms with Gasteiger partial charge in [0.1, 0.15) is 5.76 Å². The van der Waals surface area contributed by atoms with Crippen LogP contribution in [0.4, 0.5) is 0 Å². The number of unbranched alkanes of at least 4 members (excludes halogenated alkanes) is 1. The smallest absolute Gasteiger partial charge is 0.191 e. The lowest BCUT2D eigenvalue weighted by atomic mass is 9.64. The van der Waals surface area contributed by atoms with E-state index in [2.05, 4.69) is 43.5 Å². The summed E-state index contributed by atoms with van der Waals surface area (Å²) < 4.78 is 11.3. The van der Waals surface area contributed by atoms with Gasteiger partial charge in [0.25, 0.3) is 0 Å². The molecule has 6 heteroatoms. The lowest BCUT2D eigenvalue weighted by Gasteiger charge is -2.52. The third kappa shape index (κ3) is 5.00. The van der Waals surface area contributed by atoms with E-state index in [4.69, 9.17) is 14.3 Å². The zero-order valence-corrected chi connectivity index (χ0v) is 17.3. The highest BCUT2D eigenvalue weighted by atomic mass is 16.5. The second kappa shape index (κ2) is 9.40. The molecular formula is C20H36N4O2. The molecule has 1 heterocycles. The van der Waals surface area contributed by atoms with Gasteiger partial charge in [-0.05, 0) is 40.0 Å². The van der Waals surface area contributed by atoms with Crippen molar-refractivity contribution in [2.24, 2.45) is 10.4 Å². The van der Waals surface area contributed by atoms with Gasteiger partial charge in [-0.2, -0.15) is 0 Å². The summed E-state index contributed by atoms with van der Waals surface area (Å²) >= 11 is 0. The van der Waals surface area contributed by atoms with Crippen LogP contribution in [0.15, 0.2) is 9.52 Å². The van der Waals surface area contributed by atoms with Gasteiger partial charge in [0.05, 0.1) is 11.8 Å². The number of hydrogen-bond acceptors (Lipinski definition) is 4. The van der Waals surface area contributed by atoms with Gasteiger partial charge >= 0.3 is 0 Å². The van der Waals surface area contributed by atoms with Gasteiger partial charge in [-0.1, -0.05) is 32.3 Å². The average molecular weight is 365 g/mol. The fourth-order valence-corrected chi connectivity index (χ4v) is 3.41. The van der Waals surface area contributed by atoms with Gasteiger partial charge in [0.2, 0.25) is 0 Å². The van der Waals surface area contributed by atoms with E-state index >= 15 is 0 Å². The summed E-state index contributed by atoms with van der Waals surface area (Å²) in [6.07, 6.45) is 4.52. The molecule has 1 aromatic rings. The molecule has 0 saturated heterocycles. The zero-order valence-electron chi connectivity index (χ0n) is 17.3. The number of guanidine groups is 1. The Hall–Kier alpha value is -1.56. The number of hydrogen-bond donors (Lipinski definition) is 2. The summed E-state index contributed by atoms with van der Waals surface area (Å²) in [6, 6.07) is 0.381. The van der Waals surface area contributed by atoms with Crippen LogP contribution in [0.3, 0.4) is 0 Å². The van der Waals surface area contributed by atoms with Gasteiger partial charge in [0, 0.05) is 36.7 Å². The summed E-state index contributed by atoms with van der Waals surface area (Å²) in [5, 5.41) is 11.0. The first kappa shape index (κ1) is 20.7. The molecule has 148 valence electrons. The van der Waals surface area contributed by atoms with E-state index in [1.54, 1.807) is 0 Å². The predicted octanol–water partition coefficient (Wildman–Crippen LogP) is 3.37. The maximum atomic E-state index is 6.04. The predicted molar refractivity (Wildman–Crippen MR) is 106 cm³/mol. The fraction of sp³-hybridized carbons (Fsp3) is 0.800. The molecule has 1 saturated carbocycles. The normalized spacial score (nSPS) is 22.2. The molecule has 0 aromatic carbocycles. The first-order chi connectivity index (χ1) is 12.4. The van der Waals surface area contributed by atoms with Crippen LogP contribution in [0.1, 0.15) is 64.0 Å². The minimum absolute atomic E-state index is 0.117.